The fraction of sp³-hybridized carbons (Fsp3) is 0.500. The van der Waals surface area contributed by atoms with Gasteiger partial charge in [0.15, 0.2) is 0 Å². The molecule has 0 radical (unpaired) electrons. The normalized spacial score (nSPS) is 10.3. The minimum absolute atomic E-state index is 0.0868. The third-order valence-electron chi connectivity index (χ3n) is 2.19. The number of rotatable bonds is 6. The molecule has 15 heavy (non-hydrogen) atoms. The summed E-state index contributed by atoms with van der Waals surface area (Å²) in [6, 6.07) is 6.33. The molecule has 0 bridgehead atoms. The first-order valence-corrected chi connectivity index (χ1v) is 5.24. The molecule has 0 heterocycles. The fourth-order valence-corrected chi connectivity index (χ4v) is 1.35. The third kappa shape index (κ3) is 4.32. The van der Waals surface area contributed by atoms with Crippen LogP contribution in [0.4, 0.5) is 5.69 Å². The van der Waals surface area contributed by atoms with Crippen LogP contribution in [0.25, 0.3) is 0 Å². The van der Waals surface area contributed by atoms with Crippen molar-refractivity contribution in [3.63, 3.8) is 0 Å². The molecule has 0 atom stereocenters. The molecular weight excluding hydrogens is 190 g/mol. The molecular formula is C12H19NO2. The number of hydrogen-bond acceptors (Lipinski definition) is 3. The minimum atomic E-state index is 0.0868. The second kappa shape index (κ2) is 6.43. The van der Waals surface area contributed by atoms with Gasteiger partial charge in [-0.2, -0.15) is 0 Å². The molecule has 3 nitrogen and oxygen atoms in total. The van der Waals surface area contributed by atoms with E-state index in [0.717, 1.165) is 12.2 Å². The first-order valence-electron chi connectivity index (χ1n) is 5.24. The van der Waals surface area contributed by atoms with E-state index in [-0.39, 0.29) is 6.61 Å². The number of aliphatic hydroxyl groups is 1. The summed E-state index contributed by atoms with van der Waals surface area (Å²) in [6.45, 7) is 6.04. The number of benzene rings is 1. The molecule has 1 aromatic carbocycles. The Balaban J connectivity index is 2.33. The van der Waals surface area contributed by atoms with Crippen LogP contribution in [0.3, 0.4) is 0 Å². The zero-order chi connectivity index (χ0) is 11.1. The van der Waals surface area contributed by atoms with Gasteiger partial charge in [-0.1, -0.05) is 12.1 Å². The van der Waals surface area contributed by atoms with Gasteiger partial charge < -0.3 is 15.2 Å². The Morgan fingerprint density at radius 2 is 2.07 bits per heavy atom. The van der Waals surface area contributed by atoms with Crippen molar-refractivity contribution in [1.29, 1.82) is 0 Å². The molecule has 0 aliphatic carbocycles. The Morgan fingerprint density at radius 3 is 2.80 bits per heavy atom. The average molecular weight is 209 g/mol. The Kier molecular flexibility index (Phi) is 5.15. The van der Waals surface area contributed by atoms with Crippen molar-refractivity contribution in [2.24, 2.45) is 0 Å². The quantitative estimate of drug-likeness (QED) is 0.701. The number of hydrogen-bond donors (Lipinski definition) is 2. The van der Waals surface area contributed by atoms with E-state index in [1.54, 1.807) is 0 Å². The predicted octanol–water partition coefficient (Wildman–Crippen LogP) is 1.72. The van der Waals surface area contributed by atoms with Crippen LogP contribution in [-0.4, -0.2) is 31.5 Å². The molecule has 0 saturated carbocycles. The standard InChI is InChI=1S/C12H19NO2/c1-10-3-4-11(2)12(9-10)13-5-7-15-8-6-14/h3-4,9,13-14H,5-8H2,1-2H3. The predicted molar refractivity (Wildman–Crippen MR) is 62.3 cm³/mol. The molecule has 3 heteroatoms. The molecule has 0 aliphatic rings. The van der Waals surface area contributed by atoms with E-state index < -0.39 is 0 Å². The molecule has 0 aliphatic heterocycles. The van der Waals surface area contributed by atoms with Gasteiger partial charge in [0.1, 0.15) is 0 Å². The smallest absolute Gasteiger partial charge is 0.0698 e. The summed E-state index contributed by atoms with van der Waals surface area (Å²) in [5, 5.41) is 11.8. The van der Waals surface area contributed by atoms with Crippen LogP contribution in [0.5, 0.6) is 0 Å². The van der Waals surface area contributed by atoms with Crippen molar-refractivity contribution < 1.29 is 9.84 Å². The van der Waals surface area contributed by atoms with Crippen molar-refractivity contribution >= 4 is 5.69 Å². The van der Waals surface area contributed by atoms with Crippen molar-refractivity contribution in [2.45, 2.75) is 13.8 Å². The SMILES string of the molecule is Cc1ccc(C)c(NCCOCCO)c1. The largest absolute Gasteiger partial charge is 0.394 e. The molecule has 2 N–H and O–H groups in total. The Hall–Kier alpha value is -1.06. The van der Waals surface area contributed by atoms with Crippen LogP contribution < -0.4 is 5.32 Å². The molecule has 0 unspecified atom stereocenters. The zero-order valence-electron chi connectivity index (χ0n) is 9.42. The highest BCUT2D eigenvalue weighted by molar-refractivity contribution is 5.52. The Morgan fingerprint density at radius 1 is 1.27 bits per heavy atom. The number of aliphatic hydroxyl groups excluding tert-OH is 1. The molecule has 1 rings (SSSR count). The van der Waals surface area contributed by atoms with Crippen molar-refractivity contribution in [2.75, 3.05) is 31.7 Å². The van der Waals surface area contributed by atoms with Crippen molar-refractivity contribution in [3.05, 3.63) is 29.3 Å². The van der Waals surface area contributed by atoms with E-state index in [4.69, 9.17) is 9.84 Å². The van der Waals surface area contributed by atoms with Gasteiger partial charge in [0.2, 0.25) is 0 Å². The van der Waals surface area contributed by atoms with Gasteiger partial charge >= 0.3 is 0 Å². The van der Waals surface area contributed by atoms with Crippen LogP contribution in [0, 0.1) is 13.8 Å². The molecule has 0 spiro atoms. The van der Waals surface area contributed by atoms with Crippen molar-refractivity contribution in [3.8, 4) is 0 Å². The summed E-state index contributed by atoms with van der Waals surface area (Å²) >= 11 is 0. The zero-order valence-corrected chi connectivity index (χ0v) is 9.42. The van der Waals surface area contributed by atoms with Gasteiger partial charge in [-0.3, -0.25) is 0 Å². The van der Waals surface area contributed by atoms with Gasteiger partial charge in [0, 0.05) is 12.2 Å². The lowest BCUT2D eigenvalue weighted by molar-refractivity contribution is 0.0992. The van der Waals surface area contributed by atoms with Crippen LogP contribution in [0.15, 0.2) is 18.2 Å². The summed E-state index contributed by atoms with van der Waals surface area (Å²) < 4.78 is 5.16. The highest BCUT2D eigenvalue weighted by Gasteiger charge is 1.97. The maximum atomic E-state index is 8.52. The molecule has 0 amide bonds. The highest BCUT2D eigenvalue weighted by atomic mass is 16.5. The Bertz CT molecular complexity index is 300. The Labute approximate surface area is 91.1 Å². The highest BCUT2D eigenvalue weighted by Crippen LogP contribution is 2.15. The lowest BCUT2D eigenvalue weighted by atomic mass is 10.1. The number of ether oxygens (including phenoxy) is 1. The van der Waals surface area contributed by atoms with Crippen LogP contribution in [-0.2, 0) is 4.74 Å². The number of nitrogens with one attached hydrogen (secondary N) is 1. The monoisotopic (exact) mass is 209 g/mol. The minimum Gasteiger partial charge on any atom is -0.394 e. The maximum Gasteiger partial charge on any atom is 0.0698 e. The second-order valence-electron chi connectivity index (χ2n) is 3.58. The first-order chi connectivity index (χ1) is 7.24. The fourth-order valence-electron chi connectivity index (χ4n) is 1.35. The van der Waals surface area contributed by atoms with E-state index in [2.05, 4.69) is 37.4 Å². The van der Waals surface area contributed by atoms with E-state index in [9.17, 15) is 0 Å². The molecule has 1 aromatic rings. The van der Waals surface area contributed by atoms with E-state index in [1.165, 1.54) is 11.1 Å². The van der Waals surface area contributed by atoms with Crippen LogP contribution in [0.2, 0.25) is 0 Å². The van der Waals surface area contributed by atoms with Crippen LogP contribution in [0.1, 0.15) is 11.1 Å². The summed E-state index contributed by atoms with van der Waals surface area (Å²) in [5.74, 6) is 0. The summed E-state index contributed by atoms with van der Waals surface area (Å²) in [4.78, 5) is 0. The number of anilines is 1. The maximum absolute atomic E-state index is 8.52. The summed E-state index contributed by atoms with van der Waals surface area (Å²) in [5.41, 5.74) is 3.64. The second-order valence-corrected chi connectivity index (χ2v) is 3.58. The third-order valence-corrected chi connectivity index (χ3v) is 2.19. The van der Waals surface area contributed by atoms with E-state index in [1.807, 2.05) is 0 Å². The van der Waals surface area contributed by atoms with E-state index in [0.29, 0.717) is 13.2 Å². The molecule has 0 fully saturated rings. The molecule has 0 aromatic heterocycles. The van der Waals surface area contributed by atoms with Gasteiger partial charge in [-0.25, -0.2) is 0 Å². The van der Waals surface area contributed by atoms with Gasteiger partial charge in [0.25, 0.3) is 0 Å². The average Bonchev–Trinajstić information content (AvgIpc) is 2.23. The molecule has 0 saturated heterocycles. The van der Waals surface area contributed by atoms with Gasteiger partial charge in [0.05, 0.1) is 19.8 Å². The first kappa shape index (κ1) is 12.0. The summed E-state index contributed by atoms with van der Waals surface area (Å²) in [6.07, 6.45) is 0. The van der Waals surface area contributed by atoms with Gasteiger partial charge in [-0.15, -0.1) is 0 Å². The van der Waals surface area contributed by atoms with Crippen LogP contribution >= 0.6 is 0 Å². The molecule has 84 valence electrons. The van der Waals surface area contributed by atoms with E-state index >= 15 is 0 Å². The lowest BCUT2D eigenvalue weighted by Crippen LogP contribution is -2.11. The van der Waals surface area contributed by atoms with Crippen molar-refractivity contribution in [1.82, 2.24) is 0 Å². The lowest BCUT2D eigenvalue weighted by Gasteiger charge is -2.10. The van der Waals surface area contributed by atoms with Gasteiger partial charge in [-0.05, 0) is 31.0 Å². The summed E-state index contributed by atoms with van der Waals surface area (Å²) in [7, 11) is 0. The number of aryl methyl sites for hydroxylation is 2. The topological polar surface area (TPSA) is 41.5 Å².